The predicted molar refractivity (Wildman–Crippen MR) is 145 cm³/mol. The van der Waals surface area contributed by atoms with E-state index in [1.165, 1.54) is 50.8 Å². The lowest BCUT2D eigenvalue weighted by Crippen LogP contribution is -2.07. The predicted octanol–water partition coefficient (Wildman–Crippen LogP) is 6.80. The fourth-order valence-electron chi connectivity index (χ4n) is 3.45. The van der Waals surface area contributed by atoms with Crippen molar-refractivity contribution in [2.45, 2.75) is 52.4 Å². The number of unbranched alkanes of at least 4 members (excludes halogenated alkanes) is 5. The van der Waals surface area contributed by atoms with Crippen LogP contribution >= 0.6 is 0 Å². The lowest BCUT2D eigenvalue weighted by atomic mass is 10.1. The van der Waals surface area contributed by atoms with E-state index in [1.54, 1.807) is 36.5 Å². The molecule has 3 rings (SSSR count). The smallest absolute Gasteiger partial charge is 0.305 e. The summed E-state index contributed by atoms with van der Waals surface area (Å²) in [5.74, 6) is 10.2. The first-order valence-corrected chi connectivity index (χ1v) is 12.9. The Hall–Kier alpha value is -4.36. The number of hydrogen-bond acceptors (Lipinski definition) is 5. The van der Waals surface area contributed by atoms with Crippen molar-refractivity contribution in [1.29, 1.82) is 0 Å². The molecule has 0 radical (unpaired) electrons. The molecule has 0 saturated carbocycles. The zero-order valence-electron chi connectivity index (χ0n) is 22.2. The molecule has 0 bridgehead atoms. The van der Waals surface area contributed by atoms with Crippen LogP contribution in [0.2, 0.25) is 0 Å². The fourth-order valence-corrected chi connectivity index (χ4v) is 3.45. The van der Waals surface area contributed by atoms with Gasteiger partial charge in [-0.3, -0.25) is 4.79 Å². The number of hydrogen-bond donors (Lipinski definition) is 0. The van der Waals surface area contributed by atoms with Crippen LogP contribution in [0, 0.1) is 35.3 Å². The number of pyridine rings is 1. The van der Waals surface area contributed by atoms with Crippen molar-refractivity contribution in [1.82, 2.24) is 4.98 Å². The maximum absolute atomic E-state index is 14.4. The number of aromatic nitrogens is 1. The van der Waals surface area contributed by atoms with Crippen LogP contribution in [0.25, 0.3) is 0 Å². The van der Waals surface area contributed by atoms with Crippen molar-refractivity contribution in [2.75, 3.05) is 13.4 Å². The van der Waals surface area contributed by atoms with Crippen molar-refractivity contribution in [3.63, 3.8) is 0 Å². The Labute approximate surface area is 228 Å². The highest BCUT2D eigenvalue weighted by molar-refractivity contribution is 5.65. The van der Waals surface area contributed by atoms with Gasteiger partial charge in [0.15, 0.2) is 23.1 Å². The molecule has 5 nitrogen and oxygen atoms in total. The molecule has 0 fully saturated rings. The van der Waals surface area contributed by atoms with Gasteiger partial charge in [0.2, 0.25) is 6.79 Å². The van der Waals surface area contributed by atoms with Crippen LogP contribution < -0.4 is 9.47 Å². The lowest BCUT2D eigenvalue weighted by Gasteiger charge is -2.07. The van der Waals surface area contributed by atoms with Gasteiger partial charge in [0.25, 0.3) is 0 Å². The van der Waals surface area contributed by atoms with E-state index in [1.807, 2.05) is 0 Å². The Morgan fingerprint density at radius 1 is 0.769 bits per heavy atom. The summed E-state index contributed by atoms with van der Waals surface area (Å²) in [6.45, 7) is 3.55. The molecule has 0 unspecified atom stereocenters. The fraction of sp³-hybridized carbons (Fsp3) is 0.312. The molecule has 7 heteroatoms. The van der Waals surface area contributed by atoms with E-state index in [0.29, 0.717) is 29.0 Å². The van der Waals surface area contributed by atoms with E-state index >= 15 is 0 Å². The van der Waals surface area contributed by atoms with Gasteiger partial charge in [-0.2, -0.15) is 0 Å². The van der Waals surface area contributed by atoms with Crippen molar-refractivity contribution in [3.05, 3.63) is 88.7 Å². The van der Waals surface area contributed by atoms with Gasteiger partial charge in [0.05, 0.1) is 6.61 Å². The van der Waals surface area contributed by atoms with E-state index < -0.39 is 17.6 Å². The highest BCUT2D eigenvalue weighted by Crippen LogP contribution is 2.19. The second-order valence-corrected chi connectivity index (χ2v) is 8.74. The highest BCUT2D eigenvalue weighted by atomic mass is 19.1. The molecule has 0 aliphatic carbocycles. The average Bonchev–Trinajstić information content (AvgIpc) is 2.92. The van der Waals surface area contributed by atoms with Gasteiger partial charge < -0.3 is 14.2 Å². The summed E-state index contributed by atoms with van der Waals surface area (Å²) in [6, 6.07) is 12.4. The number of nitrogens with zero attached hydrogens (tertiary/aromatic N) is 1. The zero-order chi connectivity index (χ0) is 27.9. The molecule has 0 atom stereocenters. The Bertz CT molecular complexity index is 1360. The average molecular weight is 532 g/mol. The highest BCUT2D eigenvalue weighted by Gasteiger charge is 2.06. The molecule has 0 N–H and O–H groups in total. The number of rotatable bonds is 11. The molecule has 0 amide bonds. The first-order chi connectivity index (χ1) is 18.9. The summed E-state index contributed by atoms with van der Waals surface area (Å²) < 4.78 is 43.8. The maximum atomic E-state index is 14.4. The first-order valence-electron chi connectivity index (χ1n) is 12.9. The number of ether oxygens (including phenoxy) is 3. The van der Waals surface area contributed by atoms with Crippen LogP contribution in [-0.2, 0) is 9.53 Å². The Kier molecular flexibility index (Phi) is 11.8. The number of halogens is 2. The minimum absolute atomic E-state index is 0.0402. The molecule has 1 aromatic heterocycles. The summed E-state index contributed by atoms with van der Waals surface area (Å²) in [6.07, 6.45) is 8.44. The van der Waals surface area contributed by atoms with Crippen molar-refractivity contribution < 1.29 is 27.8 Å². The SMILES string of the molecule is CCCCCCCCOc1ccc(C#Cc2ccc(C#Cc3ccc(OCOC(C)=O)c(F)c3)cn2)cc1F. The molecule has 202 valence electrons. The summed E-state index contributed by atoms with van der Waals surface area (Å²) in [4.78, 5) is 15.0. The molecule has 1 heterocycles. The second kappa shape index (κ2) is 15.8. The Morgan fingerprint density at radius 3 is 1.97 bits per heavy atom. The second-order valence-electron chi connectivity index (χ2n) is 8.74. The molecular weight excluding hydrogens is 500 g/mol. The summed E-state index contributed by atoms with van der Waals surface area (Å²) in [5.41, 5.74) is 2.09. The van der Waals surface area contributed by atoms with Crippen molar-refractivity contribution in [2.24, 2.45) is 0 Å². The normalized spacial score (nSPS) is 10.1. The van der Waals surface area contributed by atoms with Gasteiger partial charge in [0.1, 0.15) is 5.69 Å². The molecule has 39 heavy (non-hydrogen) atoms. The van der Waals surface area contributed by atoms with Gasteiger partial charge >= 0.3 is 5.97 Å². The first kappa shape index (κ1) is 29.2. The maximum Gasteiger partial charge on any atom is 0.305 e. The van der Waals surface area contributed by atoms with E-state index in [-0.39, 0.29) is 18.3 Å². The monoisotopic (exact) mass is 531 g/mol. The van der Waals surface area contributed by atoms with Gasteiger partial charge in [0, 0.05) is 29.8 Å². The van der Waals surface area contributed by atoms with E-state index in [4.69, 9.17) is 9.47 Å². The summed E-state index contributed by atoms with van der Waals surface area (Å²) in [7, 11) is 0. The zero-order valence-corrected chi connectivity index (χ0v) is 22.2. The van der Waals surface area contributed by atoms with Crippen LogP contribution in [0.4, 0.5) is 8.78 Å². The third-order valence-corrected chi connectivity index (χ3v) is 5.55. The molecule has 0 saturated heterocycles. The molecular formula is C32H31F2NO4. The third-order valence-electron chi connectivity index (χ3n) is 5.55. The Balaban J connectivity index is 1.52. The minimum Gasteiger partial charge on any atom is -0.491 e. The number of esters is 1. The van der Waals surface area contributed by atoms with E-state index in [2.05, 4.69) is 40.3 Å². The van der Waals surface area contributed by atoms with Crippen LogP contribution in [-0.4, -0.2) is 24.4 Å². The Morgan fingerprint density at radius 2 is 1.36 bits per heavy atom. The number of carbonyl (C=O) groups excluding carboxylic acids is 1. The van der Waals surface area contributed by atoms with Gasteiger partial charge in [-0.25, -0.2) is 13.8 Å². The van der Waals surface area contributed by atoms with Crippen LogP contribution in [0.15, 0.2) is 54.7 Å². The summed E-state index contributed by atoms with van der Waals surface area (Å²) in [5, 5.41) is 0. The summed E-state index contributed by atoms with van der Waals surface area (Å²) >= 11 is 0. The van der Waals surface area contributed by atoms with E-state index in [0.717, 1.165) is 12.8 Å². The minimum atomic E-state index is -0.619. The number of benzene rings is 2. The quantitative estimate of drug-likeness (QED) is 0.118. The molecule has 2 aromatic carbocycles. The van der Waals surface area contributed by atoms with Gasteiger partial charge in [-0.05, 0) is 60.9 Å². The van der Waals surface area contributed by atoms with E-state index in [9.17, 15) is 13.6 Å². The molecule has 0 aliphatic heterocycles. The van der Waals surface area contributed by atoms with Crippen LogP contribution in [0.5, 0.6) is 11.5 Å². The van der Waals surface area contributed by atoms with Crippen molar-refractivity contribution >= 4 is 5.97 Å². The molecule has 0 aliphatic rings. The largest absolute Gasteiger partial charge is 0.491 e. The number of carbonyl (C=O) groups is 1. The van der Waals surface area contributed by atoms with Crippen LogP contribution in [0.1, 0.15) is 74.8 Å². The van der Waals surface area contributed by atoms with Gasteiger partial charge in [-0.1, -0.05) is 56.8 Å². The van der Waals surface area contributed by atoms with Crippen LogP contribution in [0.3, 0.4) is 0 Å². The van der Waals surface area contributed by atoms with Gasteiger partial charge in [-0.15, -0.1) is 0 Å². The topological polar surface area (TPSA) is 57.7 Å². The molecule has 3 aromatic rings. The standard InChI is InChI=1S/C32H31F2NO4/c1-3-4-5-6-7-8-19-37-31-17-13-26(21-29(31)33)11-15-28-16-12-27(22-35-28)10-9-25-14-18-32(30(34)20-25)39-23-38-24(2)36/h12-14,16-18,20-22H,3-8,19,23H2,1-2H3. The molecule has 0 spiro atoms. The lowest BCUT2D eigenvalue weighted by molar-refractivity contribution is -0.147. The third kappa shape index (κ3) is 10.5. The van der Waals surface area contributed by atoms with Crippen molar-refractivity contribution in [3.8, 4) is 35.2 Å².